The highest BCUT2D eigenvalue weighted by molar-refractivity contribution is 6.29. The van der Waals surface area contributed by atoms with Gasteiger partial charge < -0.3 is 10.2 Å². The molecule has 1 heterocycles. The number of hydrogen-bond donors (Lipinski definition) is 1. The van der Waals surface area contributed by atoms with Crippen molar-refractivity contribution < 1.29 is 4.79 Å². The molecule has 0 saturated heterocycles. The fourth-order valence-electron chi connectivity index (χ4n) is 1.67. The highest BCUT2D eigenvalue weighted by Gasteiger charge is 2.14. The molecule has 19 heavy (non-hydrogen) atoms. The summed E-state index contributed by atoms with van der Waals surface area (Å²) in [4.78, 5) is 18.1. The maximum atomic E-state index is 12.3. The van der Waals surface area contributed by atoms with Crippen LogP contribution in [0, 0.1) is 5.92 Å². The van der Waals surface area contributed by atoms with E-state index in [-0.39, 0.29) is 5.91 Å². The van der Waals surface area contributed by atoms with Gasteiger partial charge >= 0.3 is 0 Å². The first kappa shape index (κ1) is 15.8. The van der Waals surface area contributed by atoms with E-state index in [2.05, 4.69) is 24.1 Å². The lowest BCUT2D eigenvalue weighted by molar-refractivity contribution is 0.0789. The summed E-state index contributed by atoms with van der Waals surface area (Å²) in [5.41, 5.74) is 0.571. The summed E-state index contributed by atoms with van der Waals surface area (Å²) in [5, 5.41) is 3.40. The fraction of sp³-hybridized carbons (Fsp3) is 0.571. The van der Waals surface area contributed by atoms with Crippen LogP contribution in [0.5, 0.6) is 0 Å². The molecule has 0 unspecified atom stereocenters. The Kier molecular flexibility index (Phi) is 6.09. The minimum Gasteiger partial charge on any atom is -0.370 e. The van der Waals surface area contributed by atoms with Crippen molar-refractivity contribution in [3.8, 4) is 0 Å². The first-order chi connectivity index (χ1) is 8.93. The van der Waals surface area contributed by atoms with Gasteiger partial charge in [0.2, 0.25) is 0 Å². The Morgan fingerprint density at radius 1 is 1.47 bits per heavy atom. The van der Waals surface area contributed by atoms with Crippen molar-refractivity contribution in [1.29, 1.82) is 0 Å². The van der Waals surface area contributed by atoms with E-state index >= 15 is 0 Å². The largest absolute Gasteiger partial charge is 0.370 e. The first-order valence-corrected chi connectivity index (χ1v) is 6.98. The van der Waals surface area contributed by atoms with Gasteiger partial charge in [-0.2, -0.15) is 0 Å². The Morgan fingerprint density at radius 2 is 2.16 bits per heavy atom. The summed E-state index contributed by atoms with van der Waals surface area (Å²) < 4.78 is 0. The third-order valence-corrected chi connectivity index (χ3v) is 2.98. The predicted molar refractivity (Wildman–Crippen MR) is 79.8 cm³/mol. The smallest absolute Gasteiger partial charge is 0.253 e. The number of amides is 1. The quantitative estimate of drug-likeness (QED) is 0.815. The first-order valence-electron chi connectivity index (χ1n) is 6.61. The van der Waals surface area contributed by atoms with E-state index in [1.807, 2.05) is 14.0 Å². The minimum atomic E-state index is -0.0240. The number of rotatable bonds is 6. The molecule has 1 aromatic heterocycles. The van der Waals surface area contributed by atoms with Gasteiger partial charge in [0.1, 0.15) is 11.0 Å². The molecular weight excluding hydrogens is 262 g/mol. The molecule has 1 rings (SSSR count). The van der Waals surface area contributed by atoms with Crippen molar-refractivity contribution in [3.05, 3.63) is 22.8 Å². The van der Waals surface area contributed by atoms with Gasteiger partial charge in [0, 0.05) is 25.7 Å². The van der Waals surface area contributed by atoms with Gasteiger partial charge in [0.05, 0.1) is 0 Å². The molecule has 0 saturated carbocycles. The molecule has 5 heteroatoms. The Hall–Kier alpha value is -1.29. The van der Waals surface area contributed by atoms with Crippen molar-refractivity contribution >= 4 is 23.3 Å². The summed E-state index contributed by atoms with van der Waals surface area (Å²) in [5.74, 6) is 1.19. The van der Waals surface area contributed by atoms with Crippen molar-refractivity contribution in [1.82, 2.24) is 9.88 Å². The van der Waals surface area contributed by atoms with Crippen molar-refractivity contribution in [3.63, 3.8) is 0 Å². The van der Waals surface area contributed by atoms with Gasteiger partial charge in [-0.05, 0) is 31.4 Å². The summed E-state index contributed by atoms with van der Waals surface area (Å²) in [6, 6.07) is 3.35. The molecular formula is C14H22ClN3O. The molecule has 0 spiro atoms. The molecule has 4 nitrogen and oxygen atoms in total. The maximum absolute atomic E-state index is 12.3. The number of anilines is 1. The summed E-state index contributed by atoms with van der Waals surface area (Å²) >= 11 is 5.94. The third-order valence-electron chi connectivity index (χ3n) is 2.79. The number of nitrogens with one attached hydrogen (secondary N) is 1. The molecule has 0 aliphatic heterocycles. The zero-order chi connectivity index (χ0) is 14.4. The Labute approximate surface area is 120 Å². The predicted octanol–water partition coefficient (Wildman–Crippen LogP) is 3.28. The number of aromatic nitrogens is 1. The Morgan fingerprint density at radius 3 is 2.74 bits per heavy atom. The topological polar surface area (TPSA) is 45.2 Å². The van der Waals surface area contributed by atoms with Crippen LogP contribution < -0.4 is 5.32 Å². The molecule has 0 atom stereocenters. The second-order valence-corrected chi connectivity index (χ2v) is 5.39. The molecule has 1 N–H and O–H groups in total. The SMILES string of the molecule is CCNc1cc(C(=O)N(C)CCC(C)C)cc(Cl)n1. The summed E-state index contributed by atoms with van der Waals surface area (Å²) in [6.07, 6.45) is 0.987. The van der Waals surface area contributed by atoms with E-state index in [0.29, 0.717) is 22.5 Å². The van der Waals surface area contributed by atoms with Gasteiger partial charge in [0.25, 0.3) is 5.91 Å². The van der Waals surface area contributed by atoms with Crippen LogP contribution in [0.2, 0.25) is 5.15 Å². The van der Waals surface area contributed by atoms with E-state index in [4.69, 9.17) is 11.6 Å². The van der Waals surface area contributed by atoms with Crippen molar-refractivity contribution in [2.75, 3.05) is 25.5 Å². The van der Waals surface area contributed by atoms with Crippen LogP contribution in [0.1, 0.15) is 37.6 Å². The van der Waals surface area contributed by atoms with Crippen LogP contribution in [-0.2, 0) is 0 Å². The molecule has 106 valence electrons. The molecule has 1 amide bonds. The molecule has 0 aliphatic carbocycles. The number of hydrogen-bond acceptors (Lipinski definition) is 3. The number of halogens is 1. The number of carbonyl (C=O) groups excluding carboxylic acids is 1. The van der Waals surface area contributed by atoms with E-state index in [0.717, 1.165) is 19.5 Å². The highest BCUT2D eigenvalue weighted by atomic mass is 35.5. The lowest BCUT2D eigenvalue weighted by Crippen LogP contribution is -2.28. The van der Waals surface area contributed by atoms with Crippen LogP contribution in [-0.4, -0.2) is 35.9 Å². The van der Waals surface area contributed by atoms with Gasteiger partial charge in [-0.3, -0.25) is 4.79 Å². The van der Waals surface area contributed by atoms with Crippen molar-refractivity contribution in [2.24, 2.45) is 5.92 Å². The van der Waals surface area contributed by atoms with Gasteiger partial charge in [-0.1, -0.05) is 25.4 Å². The molecule has 1 aromatic rings. The standard InChI is InChI=1S/C14H22ClN3O/c1-5-16-13-9-11(8-12(15)17-13)14(19)18(4)7-6-10(2)3/h8-10H,5-7H2,1-4H3,(H,16,17). The van der Waals surface area contributed by atoms with Gasteiger partial charge in [-0.15, -0.1) is 0 Å². The van der Waals surface area contributed by atoms with Crippen LogP contribution >= 0.6 is 11.6 Å². The normalized spacial score (nSPS) is 10.6. The average molecular weight is 284 g/mol. The van der Waals surface area contributed by atoms with E-state index in [1.165, 1.54) is 0 Å². The Balaban J connectivity index is 2.80. The molecule has 0 bridgehead atoms. The van der Waals surface area contributed by atoms with E-state index in [9.17, 15) is 4.79 Å². The lowest BCUT2D eigenvalue weighted by atomic mass is 10.1. The molecule has 0 radical (unpaired) electrons. The number of pyridine rings is 1. The van der Waals surface area contributed by atoms with E-state index in [1.54, 1.807) is 17.0 Å². The van der Waals surface area contributed by atoms with Crippen LogP contribution in [0.15, 0.2) is 12.1 Å². The minimum absolute atomic E-state index is 0.0240. The second kappa shape index (κ2) is 7.34. The second-order valence-electron chi connectivity index (χ2n) is 5.00. The number of carbonyl (C=O) groups is 1. The average Bonchev–Trinajstić information content (AvgIpc) is 2.34. The zero-order valence-corrected chi connectivity index (χ0v) is 12.8. The van der Waals surface area contributed by atoms with Crippen LogP contribution in [0.4, 0.5) is 5.82 Å². The Bertz CT molecular complexity index is 435. The third kappa shape index (κ3) is 5.07. The van der Waals surface area contributed by atoms with Crippen LogP contribution in [0.3, 0.4) is 0 Å². The van der Waals surface area contributed by atoms with Gasteiger partial charge in [0.15, 0.2) is 0 Å². The van der Waals surface area contributed by atoms with E-state index < -0.39 is 0 Å². The summed E-state index contributed by atoms with van der Waals surface area (Å²) in [7, 11) is 1.81. The lowest BCUT2D eigenvalue weighted by Gasteiger charge is -2.18. The van der Waals surface area contributed by atoms with Crippen LogP contribution in [0.25, 0.3) is 0 Å². The highest BCUT2D eigenvalue weighted by Crippen LogP contribution is 2.16. The zero-order valence-electron chi connectivity index (χ0n) is 12.0. The summed E-state index contributed by atoms with van der Waals surface area (Å²) in [6.45, 7) is 7.74. The molecule has 0 aromatic carbocycles. The maximum Gasteiger partial charge on any atom is 0.253 e. The number of nitrogens with zero attached hydrogens (tertiary/aromatic N) is 2. The molecule has 0 aliphatic rings. The van der Waals surface area contributed by atoms with Gasteiger partial charge in [-0.25, -0.2) is 4.98 Å². The molecule has 0 fully saturated rings. The monoisotopic (exact) mass is 283 g/mol. The fourth-order valence-corrected chi connectivity index (χ4v) is 1.87. The van der Waals surface area contributed by atoms with Crippen molar-refractivity contribution in [2.45, 2.75) is 27.2 Å².